The third-order valence-corrected chi connectivity index (χ3v) is 3.37. The van der Waals surface area contributed by atoms with Gasteiger partial charge in [0.05, 0.1) is 17.7 Å². The van der Waals surface area contributed by atoms with Crippen molar-refractivity contribution in [1.29, 1.82) is 0 Å². The number of ether oxygens (including phenoxy) is 1. The fourth-order valence-corrected chi connectivity index (χ4v) is 2.08. The van der Waals surface area contributed by atoms with E-state index in [0.29, 0.717) is 0 Å². The highest BCUT2D eigenvalue weighted by atomic mass is 16.5. The molecular formula is C10H18N2O2. The Labute approximate surface area is 84.4 Å². The predicted octanol–water partition coefficient (Wildman–Crippen LogP) is 0.113. The summed E-state index contributed by atoms with van der Waals surface area (Å²) < 4.78 is 5.44. The molecule has 2 rings (SSSR count). The number of hydrogen-bond acceptors (Lipinski definition) is 3. The van der Waals surface area contributed by atoms with Crippen LogP contribution in [0.4, 0.5) is 0 Å². The van der Waals surface area contributed by atoms with Crippen LogP contribution in [0.2, 0.25) is 0 Å². The minimum atomic E-state index is -0.545. The van der Waals surface area contributed by atoms with Crippen LogP contribution in [-0.2, 0) is 9.53 Å². The fourth-order valence-electron chi connectivity index (χ4n) is 2.08. The van der Waals surface area contributed by atoms with Gasteiger partial charge in [0.2, 0.25) is 5.91 Å². The molecule has 0 aromatic rings. The van der Waals surface area contributed by atoms with Gasteiger partial charge in [0.15, 0.2) is 0 Å². The Morgan fingerprint density at radius 2 is 2.21 bits per heavy atom. The molecule has 1 amide bonds. The van der Waals surface area contributed by atoms with Crippen molar-refractivity contribution in [1.82, 2.24) is 4.90 Å². The average molecular weight is 198 g/mol. The molecule has 1 heterocycles. The summed E-state index contributed by atoms with van der Waals surface area (Å²) in [5.41, 5.74) is 5.33. The first-order chi connectivity index (χ1) is 6.54. The van der Waals surface area contributed by atoms with Crippen LogP contribution >= 0.6 is 0 Å². The third-order valence-electron chi connectivity index (χ3n) is 3.37. The van der Waals surface area contributed by atoms with Gasteiger partial charge in [-0.1, -0.05) is 0 Å². The van der Waals surface area contributed by atoms with Crippen molar-refractivity contribution in [3.05, 3.63) is 0 Å². The van der Waals surface area contributed by atoms with Crippen molar-refractivity contribution in [2.45, 2.75) is 43.9 Å². The van der Waals surface area contributed by atoms with Crippen molar-refractivity contribution in [3.63, 3.8) is 0 Å². The summed E-state index contributed by atoms with van der Waals surface area (Å²) in [5, 5.41) is 0. The monoisotopic (exact) mass is 198 g/mol. The van der Waals surface area contributed by atoms with Gasteiger partial charge < -0.3 is 15.4 Å². The molecule has 0 aromatic carbocycles. The first-order valence-corrected chi connectivity index (χ1v) is 5.22. The standard InChI is InChI=1S/C10H18N2O2/c1-7-8(3-6-14-7)12(2)9(13)10(11)4-5-10/h7-8H,3-6,11H2,1-2H3. The SMILES string of the molecule is CC1OCCC1N(C)C(=O)C1(N)CC1. The first kappa shape index (κ1) is 9.93. The zero-order valence-electron chi connectivity index (χ0n) is 8.82. The van der Waals surface area contributed by atoms with Crippen molar-refractivity contribution >= 4 is 5.91 Å². The van der Waals surface area contributed by atoms with E-state index in [2.05, 4.69) is 0 Å². The molecule has 14 heavy (non-hydrogen) atoms. The normalized spacial score (nSPS) is 34.2. The zero-order chi connectivity index (χ0) is 10.3. The molecule has 4 heteroatoms. The number of likely N-dealkylation sites (N-methyl/N-ethyl adjacent to an activating group) is 1. The predicted molar refractivity (Wildman–Crippen MR) is 52.7 cm³/mol. The van der Waals surface area contributed by atoms with Crippen molar-refractivity contribution in [2.24, 2.45) is 5.73 Å². The van der Waals surface area contributed by atoms with Crippen molar-refractivity contribution in [2.75, 3.05) is 13.7 Å². The molecule has 0 radical (unpaired) electrons. The Morgan fingerprint density at radius 3 is 2.64 bits per heavy atom. The summed E-state index contributed by atoms with van der Waals surface area (Å²) in [6.07, 6.45) is 2.74. The Hall–Kier alpha value is -0.610. The van der Waals surface area contributed by atoms with Crippen molar-refractivity contribution in [3.8, 4) is 0 Å². The van der Waals surface area contributed by atoms with Crippen LogP contribution in [-0.4, -0.2) is 42.1 Å². The van der Waals surface area contributed by atoms with E-state index >= 15 is 0 Å². The summed E-state index contributed by atoms with van der Waals surface area (Å²) in [6, 6.07) is 0.212. The Kier molecular flexibility index (Phi) is 2.27. The second-order valence-corrected chi connectivity index (χ2v) is 4.50. The lowest BCUT2D eigenvalue weighted by molar-refractivity contribution is -0.135. The van der Waals surface area contributed by atoms with Crippen LogP contribution in [0.15, 0.2) is 0 Å². The summed E-state index contributed by atoms with van der Waals surface area (Å²) in [6.45, 7) is 2.76. The van der Waals surface area contributed by atoms with Crippen LogP contribution < -0.4 is 5.73 Å². The molecule has 2 fully saturated rings. The van der Waals surface area contributed by atoms with Gasteiger partial charge in [-0.15, -0.1) is 0 Å². The molecule has 2 N–H and O–H groups in total. The average Bonchev–Trinajstić information content (AvgIpc) is 2.75. The molecule has 1 saturated carbocycles. The molecule has 0 aromatic heterocycles. The van der Waals surface area contributed by atoms with Gasteiger partial charge in [0.1, 0.15) is 0 Å². The summed E-state index contributed by atoms with van der Waals surface area (Å²) in [5.74, 6) is 0.0832. The largest absolute Gasteiger partial charge is 0.376 e. The summed E-state index contributed by atoms with van der Waals surface area (Å²) in [4.78, 5) is 13.7. The number of rotatable bonds is 2. The molecular weight excluding hydrogens is 180 g/mol. The smallest absolute Gasteiger partial charge is 0.242 e. The lowest BCUT2D eigenvalue weighted by atomic mass is 10.1. The van der Waals surface area contributed by atoms with E-state index in [4.69, 9.17) is 10.5 Å². The van der Waals surface area contributed by atoms with Gasteiger partial charge >= 0.3 is 0 Å². The van der Waals surface area contributed by atoms with E-state index in [0.717, 1.165) is 25.9 Å². The van der Waals surface area contributed by atoms with E-state index < -0.39 is 5.54 Å². The van der Waals surface area contributed by atoms with E-state index in [1.165, 1.54) is 0 Å². The molecule has 0 spiro atoms. The summed E-state index contributed by atoms with van der Waals surface area (Å²) >= 11 is 0. The molecule has 2 atom stereocenters. The third kappa shape index (κ3) is 1.53. The van der Waals surface area contributed by atoms with Gasteiger partial charge in [0, 0.05) is 13.7 Å². The first-order valence-electron chi connectivity index (χ1n) is 5.22. The topological polar surface area (TPSA) is 55.6 Å². The lowest BCUT2D eigenvalue weighted by Gasteiger charge is -2.29. The number of amides is 1. The number of carbonyl (C=O) groups is 1. The van der Waals surface area contributed by atoms with E-state index in [1.807, 2.05) is 14.0 Å². The van der Waals surface area contributed by atoms with Crippen LogP contribution in [0, 0.1) is 0 Å². The molecule has 2 unspecified atom stereocenters. The number of nitrogens with two attached hydrogens (primary N) is 1. The van der Waals surface area contributed by atoms with E-state index in [9.17, 15) is 4.79 Å². The number of nitrogens with zero attached hydrogens (tertiary/aromatic N) is 1. The van der Waals surface area contributed by atoms with E-state index in [-0.39, 0.29) is 18.1 Å². The van der Waals surface area contributed by atoms with Crippen LogP contribution in [0.5, 0.6) is 0 Å². The van der Waals surface area contributed by atoms with Gasteiger partial charge in [-0.2, -0.15) is 0 Å². The maximum absolute atomic E-state index is 11.9. The second kappa shape index (κ2) is 3.21. The quantitative estimate of drug-likeness (QED) is 0.685. The second-order valence-electron chi connectivity index (χ2n) is 4.50. The fraction of sp³-hybridized carbons (Fsp3) is 0.900. The highest BCUT2D eigenvalue weighted by Gasteiger charge is 2.49. The van der Waals surface area contributed by atoms with E-state index in [1.54, 1.807) is 4.90 Å². The molecule has 1 aliphatic carbocycles. The van der Waals surface area contributed by atoms with Gasteiger partial charge in [-0.3, -0.25) is 4.79 Å². The number of carbonyl (C=O) groups excluding carboxylic acids is 1. The van der Waals surface area contributed by atoms with Crippen LogP contribution in [0.1, 0.15) is 26.2 Å². The van der Waals surface area contributed by atoms with Crippen molar-refractivity contribution < 1.29 is 9.53 Å². The highest BCUT2D eigenvalue weighted by Crippen LogP contribution is 2.35. The molecule has 1 aliphatic heterocycles. The Balaban J connectivity index is 2.00. The molecule has 2 aliphatic rings. The zero-order valence-corrected chi connectivity index (χ0v) is 8.82. The summed E-state index contributed by atoms with van der Waals surface area (Å²) in [7, 11) is 1.84. The molecule has 0 bridgehead atoms. The van der Waals surface area contributed by atoms with Crippen LogP contribution in [0.25, 0.3) is 0 Å². The Morgan fingerprint density at radius 1 is 1.57 bits per heavy atom. The molecule has 4 nitrogen and oxygen atoms in total. The maximum Gasteiger partial charge on any atom is 0.242 e. The maximum atomic E-state index is 11.9. The molecule has 1 saturated heterocycles. The van der Waals surface area contributed by atoms with Gasteiger partial charge in [0.25, 0.3) is 0 Å². The lowest BCUT2D eigenvalue weighted by Crippen LogP contribution is -2.50. The van der Waals surface area contributed by atoms with Crippen LogP contribution in [0.3, 0.4) is 0 Å². The highest BCUT2D eigenvalue weighted by molar-refractivity contribution is 5.89. The Bertz CT molecular complexity index is 251. The van der Waals surface area contributed by atoms with Gasteiger partial charge in [-0.05, 0) is 26.2 Å². The molecule has 80 valence electrons. The van der Waals surface area contributed by atoms with Gasteiger partial charge in [-0.25, -0.2) is 0 Å². The number of hydrogen-bond donors (Lipinski definition) is 1. The minimum Gasteiger partial charge on any atom is -0.376 e. The minimum absolute atomic E-state index is 0.0832.